The van der Waals surface area contributed by atoms with E-state index >= 15 is 0 Å². The number of amides is 1. The number of nitrogens with zero attached hydrogens (tertiary/aromatic N) is 1. The molecular weight excluding hydrogens is 194 g/mol. The topological polar surface area (TPSA) is 67.2 Å². The third-order valence-electron chi connectivity index (χ3n) is 2.10. The standard InChI is InChI=1S/C10H17N3O2/c1-4-11-5-6-12-10(14)9-7(2)13-15-8(9)3/h11H,4-6H2,1-3H3,(H,12,14). The Balaban J connectivity index is 2.47. The number of nitrogens with one attached hydrogen (secondary N) is 2. The van der Waals surface area contributed by atoms with Gasteiger partial charge in [-0.15, -0.1) is 0 Å². The minimum atomic E-state index is -0.121. The fourth-order valence-electron chi connectivity index (χ4n) is 1.34. The van der Waals surface area contributed by atoms with E-state index in [1.54, 1.807) is 13.8 Å². The maximum absolute atomic E-state index is 11.7. The smallest absolute Gasteiger partial charge is 0.256 e. The van der Waals surface area contributed by atoms with Crippen molar-refractivity contribution >= 4 is 5.91 Å². The number of likely N-dealkylation sites (N-methyl/N-ethyl adjacent to an activating group) is 1. The lowest BCUT2D eigenvalue weighted by molar-refractivity contribution is 0.0952. The first-order chi connectivity index (χ1) is 7.16. The van der Waals surface area contributed by atoms with Gasteiger partial charge in [-0.1, -0.05) is 12.1 Å². The zero-order valence-electron chi connectivity index (χ0n) is 9.39. The maximum Gasteiger partial charge on any atom is 0.256 e. The van der Waals surface area contributed by atoms with Crippen LogP contribution in [0.4, 0.5) is 0 Å². The van der Waals surface area contributed by atoms with Gasteiger partial charge in [0, 0.05) is 13.1 Å². The Labute approximate surface area is 89.2 Å². The highest BCUT2D eigenvalue weighted by atomic mass is 16.5. The summed E-state index contributed by atoms with van der Waals surface area (Å²) in [4.78, 5) is 11.7. The highest BCUT2D eigenvalue weighted by Gasteiger charge is 2.16. The average Bonchev–Trinajstić information content (AvgIpc) is 2.53. The predicted octanol–water partition coefficient (Wildman–Crippen LogP) is 0.631. The van der Waals surface area contributed by atoms with Crippen molar-refractivity contribution in [1.29, 1.82) is 0 Å². The first-order valence-electron chi connectivity index (χ1n) is 5.08. The van der Waals surface area contributed by atoms with Crippen LogP contribution in [0.3, 0.4) is 0 Å². The van der Waals surface area contributed by atoms with Gasteiger partial charge in [-0.3, -0.25) is 4.79 Å². The first-order valence-corrected chi connectivity index (χ1v) is 5.08. The van der Waals surface area contributed by atoms with E-state index in [1.165, 1.54) is 0 Å². The normalized spacial score (nSPS) is 10.3. The lowest BCUT2D eigenvalue weighted by Gasteiger charge is -2.04. The number of hydrogen-bond donors (Lipinski definition) is 2. The summed E-state index contributed by atoms with van der Waals surface area (Å²) in [5, 5.41) is 9.65. The molecule has 0 fully saturated rings. The molecule has 1 aromatic rings. The van der Waals surface area contributed by atoms with E-state index in [1.807, 2.05) is 6.92 Å². The van der Waals surface area contributed by atoms with E-state index in [4.69, 9.17) is 4.52 Å². The summed E-state index contributed by atoms with van der Waals surface area (Å²) in [6.07, 6.45) is 0. The average molecular weight is 211 g/mol. The molecule has 0 spiro atoms. The first kappa shape index (κ1) is 11.7. The van der Waals surface area contributed by atoms with Gasteiger partial charge in [-0.05, 0) is 20.4 Å². The van der Waals surface area contributed by atoms with Crippen molar-refractivity contribution in [2.75, 3.05) is 19.6 Å². The van der Waals surface area contributed by atoms with Gasteiger partial charge in [0.1, 0.15) is 11.3 Å². The van der Waals surface area contributed by atoms with Crippen LogP contribution in [0, 0.1) is 13.8 Å². The van der Waals surface area contributed by atoms with Gasteiger partial charge in [0.05, 0.1) is 5.69 Å². The Morgan fingerprint density at radius 3 is 2.67 bits per heavy atom. The van der Waals surface area contributed by atoms with Gasteiger partial charge in [0.15, 0.2) is 0 Å². The summed E-state index contributed by atoms with van der Waals surface area (Å²) in [5.74, 6) is 0.442. The van der Waals surface area contributed by atoms with Gasteiger partial charge in [-0.2, -0.15) is 0 Å². The second-order valence-corrected chi connectivity index (χ2v) is 3.31. The van der Waals surface area contributed by atoms with Gasteiger partial charge >= 0.3 is 0 Å². The SMILES string of the molecule is CCNCCNC(=O)c1c(C)noc1C. The van der Waals surface area contributed by atoms with Gasteiger partial charge in [-0.25, -0.2) is 0 Å². The molecule has 0 aromatic carbocycles. The summed E-state index contributed by atoms with van der Waals surface area (Å²) in [5.41, 5.74) is 1.18. The molecule has 84 valence electrons. The number of rotatable bonds is 5. The molecule has 0 aliphatic rings. The molecule has 0 aliphatic heterocycles. The monoisotopic (exact) mass is 211 g/mol. The van der Waals surface area contributed by atoms with E-state index in [0.29, 0.717) is 23.6 Å². The predicted molar refractivity (Wildman–Crippen MR) is 56.9 cm³/mol. The van der Waals surface area contributed by atoms with Crippen molar-refractivity contribution in [3.63, 3.8) is 0 Å². The number of hydrogen-bond acceptors (Lipinski definition) is 4. The van der Waals surface area contributed by atoms with Crippen molar-refractivity contribution in [2.45, 2.75) is 20.8 Å². The molecule has 5 nitrogen and oxygen atoms in total. The molecule has 0 radical (unpaired) electrons. The van der Waals surface area contributed by atoms with Crippen LogP contribution in [-0.4, -0.2) is 30.7 Å². The summed E-state index contributed by atoms with van der Waals surface area (Å²) in [6, 6.07) is 0. The van der Waals surface area contributed by atoms with Gasteiger partial charge in [0.2, 0.25) is 0 Å². The quantitative estimate of drug-likeness (QED) is 0.701. The fourth-order valence-corrected chi connectivity index (χ4v) is 1.34. The summed E-state index contributed by atoms with van der Waals surface area (Å²) < 4.78 is 4.92. The molecule has 1 rings (SSSR count). The maximum atomic E-state index is 11.7. The van der Waals surface area contributed by atoms with E-state index < -0.39 is 0 Å². The number of carbonyl (C=O) groups is 1. The molecular formula is C10H17N3O2. The van der Waals surface area contributed by atoms with Crippen LogP contribution in [0.2, 0.25) is 0 Å². The molecule has 1 amide bonds. The highest BCUT2D eigenvalue weighted by molar-refractivity contribution is 5.96. The molecule has 15 heavy (non-hydrogen) atoms. The van der Waals surface area contributed by atoms with E-state index in [9.17, 15) is 4.79 Å². The number of carbonyl (C=O) groups excluding carboxylic acids is 1. The highest BCUT2D eigenvalue weighted by Crippen LogP contribution is 2.11. The van der Waals surface area contributed by atoms with Crippen LogP contribution in [0.25, 0.3) is 0 Å². The van der Waals surface area contributed by atoms with Crippen molar-refractivity contribution in [2.24, 2.45) is 0 Å². The van der Waals surface area contributed by atoms with Crippen LogP contribution in [-0.2, 0) is 0 Å². The molecule has 0 saturated carbocycles. The third-order valence-corrected chi connectivity index (χ3v) is 2.10. The van der Waals surface area contributed by atoms with Crippen molar-refractivity contribution in [3.05, 3.63) is 17.0 Å². The Bertz CT molecular complexity index is 314. The van der Waals surface area contributed by atoms with Crippen molar-refractivity contribution in [1.82, 2.24) is 15.8 Å². The van der Waals surface area contributed by atoms with E-state index in [2.05, 4.69) is 15.8 Å². The van der Waals surface area contributed by atoms with Gasteiger partial charge < -0.3 is 15.2 Å². The number of aryl methyl sites for hydroxylation is 2. The Hall–Kier alpha value is -1.36. The fraction of sp³-hybridized carbons (Fsp3) is 0.600. The summed E-state index contributed by atoms with van der Waals surface area (Å²) in [6.45, 7) is 7.80. The zero-order valence-corrected chi connectivity index (χ0v) is 9.39. The Morgan fingerprint density at radius 1 is 1.40 bits per heavy atom. The van der Waals surface area contributed by atoms with Crippen LogP contribution in [0.15, 0.2) is 4.52 Å². The van der Waals surface area contributed by atoms with E-state index in [0.717, 1.165) is 13.1 Å². The molecule has 5 heteroatoms. The third kappa shape index (κ3) is 3.06. The molecule has 0 saturated heterocycles. The summed E-state index contributed by atoms with van der Waals surface area (Å²) in [7, 11) is 0. The molecule has 1 aromatic heterocycles. The zero-order chi connectivity index (χ0) is 11.3. The molecule has 0 unspecified atom stereocenters. The lowest BCUT2D eigenvalue weighted by atomic mass is 10.2. The van der Waals surface area contributed by atoms with Crippen LogP contribution in [0.1, 0.15) is 28.7 Å². The lowest BCUT2D eigenvalue weighted by Crippen LogP contribution is -2.32. The second-order valence-electron chi connectivity index (χ2n) is 3.31. The summed E-state index contributed by atoms with van der Waals surface area (Å²) >= 11 is 0. The van der Waals surface area contributed by atoms with Gasteiger partial charge in [0.25, 0.3) is 5.91 Å². The number of aromatic nitrogens is 1. The molecule has 2 N–H and O–H groups in total. The van der Waals surface area contributed by atoms with E-state index in [-0.39, 0.29) is 5.91 Å². The minimum absolute atomic E-state index is 0.121. The molecule has 0 atom stereocenters. The largest absolute Gasteiger partial charge is 0.361 e. The molecule has 0 aliphatic carbocycles. The van der Waals surface area contributed by atoms with Crippen molar-refractivity contribution < 1.29 is 9.32 Å². The molecule has 0 bridgehead atoms. The molecule has 1 heterocycles. The second kappa shape index (κ2) is 5.50. The Morgan fingerprint density at radius 2 is 2.13 bits per heavy atom. The van der Waals surface area contributed by atoms with Crippen molar-refractivity contribution in [3.8, 4) is 0 Å². The minimum Gasteiger partial charge on any atom is -0.361 e. The van der Waals surface area contributed by atoms with Crippen LogP contribution < -0.4 is 10.6 Å². The van der Waals surface area contributed by atoms with Crippen LogP contribution >= 0.6 is 0 Å². The van der Waals surface area contributed by atoms with Crippen LogP contribution in [0.5, 0.6) is 0 Å². The Kier molecular flexibility index (Phi) is 4.30.